The molecule has 11 heteroatoms. The SMILES string of the molecule is O=C1CCC(N2C(=O)c3ccc(N4CCC(CN5CCN(C(=O)C6CCOCC6)CC5)CC4)cc3C2=O)C(=O)N1. The van der Waals surface area contributed by atoms with Crippen LogP contribution in [0.3, 0.4) is 0 Å². The molecule has 0 saturated carbocycles. The van der Waals surface area contributed by atoms with E-state index in [0.29, 0.717) is 36.2 Å². The summed E-state index contributed by atoms with van der Waals surface area (Å²) in [6.07, 6.45) is 4.00. The number of nitrogens with one attached hydrogen (secondary N) is 1. The fourth-order valence-corrected chi connectivity index (χ4v) is 6.75. The van der Waals surface area contributed by atoms with Gasteiger partial charge in [0.2, 0.25) is 17.7 Å². The summed E-state index contributed by atoms with van der Waals surface area (Å²) >= 11 is 0. The smallest absolute Gasteiger partial charge is 0.262 e. The Morgan fingerprint density at radius 1 is 0.850 bits per heavy atom. The van der Waals surface area contributed by atoms with E-state index in [-0.39, 0.29) is 24.7 Å². The number of ether oxygens (including phenoxy) is 1. The van der Waals surface area contributed by atoms with E-state index < -0.39 is 23.8 Å². The number of piperazine rings is 1. The molecule has 11 nitrogen and oxygen atoms in total. The number of nitrogens with zero attached hydrogens (tertiary/aromatic N) is 4. The van der Waals surface area contributed by atoms with Crippen molar-refractivity contribution in [2.24, 2.45) is 11.8 Å². The number of anilines is 1. The summed E-state index contributed by atoms with van der Waals surface area (Å²) in [5.74, 6) is -0.930. The van der Waals surface area contributed by atoms with E-state index in [1.807, 2.05) is 11.0 Å². The van der Waals surface area contributed by atoms with Gasteiger partial charge in [0.1, 0.15) is 6.04 Å². The van der Waals surface area contributed by atoms with E-state index in [4.69, 9.17) is 4.74 Å². The van der Waals surface area contributed by atoms with Crippen molar-refractivity contribution >= 4 is 35.2 Å². The Bertz CT molecular complexity index is 1200. The largest absolute Gasteiger partial charge is 0.381 e. The normalized spacial score (nSPS) is 25.4. The number of hydrogen-bond acceptors (Lipinski definition) is 8. The van der Waals surface area contributed by atoms with Crippen LogP contribution in [0.1, 0.15) is 59.2 Å². The zero-order chi connectivity index (χ0) is 27.8. The van der Waals surface area contributed by atoms with Gasteiger partial charge in [0.15, 0.2) is 0 Å². The molecule has 4 fully saturated rings. The molecule has 0 bridgehead atoms. The topological polar surface area (TPSA) is 120 Å². The molecule has 1 atom stereocenters. The Balaban J connectivity index is 1.00. The van der Waals surface area contributed by atoms with Gasteiger partial charge in [-0.25, -0.2) is 0 Å². The highest BCUT2D eigenvalue weighted by molar-refractivity contribution is 6.23. The van der Waals surface area contributed by atoms with Gasteiger partial charge in [-0.2, -0.15) is 0 Å². The number of hydrogen-bond donors (Lipinski definition) is 1. The molecule has 5 aliphatic rings. The van der Waals surface area contributed by atoms with Gasteiger partial charge < -0.3 is 14.5 Å². The highest BCUT2D eigenvalue weighted by atomic mass is 16.5. The van der Waals surface area contributed by atoms with Crippen LogP contribution < -0.4 is 10.2 Å². The molecule has 5 heterocycles. The molecule has 1 aromatic carbocycles. The zero-order valence-electron chi connectivity index (χ0n) is 22.8. The quantitative estimate of drug-likeness (QED) is 0.536. The van der Waals surface area contributed by atoms with E-state index in [9.17, 15) is 24.0 Å². The summed E-state index contributed by atoms with van der Waals surface area (Å²) in [5, 5.41) is 2.23. The third-order valence-electron chi connectivity index (χ3n) is 9.17. The molecule has 4 saturated heterocycles. The van der Waals surface area contributed by atoms with E-state index in [1.165, 1.54) is 0 Å². The number of carbonyl (C=O) groups is 5. The summed E-state index contributed by atoms with van der Waals surface area (Å²) in [6.45, 7) is 7.57. The summed E-state index contributed by atoms with van der Waals surface area (Å²) < 4.78 is 5.40. The fourth-order valence-electron chi connectivity index (χ4n) is 6.75. The maximum Gasteiger partial charge on any atom is 0.262 e. The monoisotopic (exact) mass is 551 g/mol. The van der Waals surface area contributed by atoms with Gasteiger partial charge in [-0.05, 0) is 56.2 Å². The first-order valence-corrected chi connectivity index (χ1v) is 14.6. The molecular formula is C29H37N5O6. The van der Waals surface area contributed by atoms with E-state index in [2.05, 4.69) is 15.1 Å². The molecule has 5 amide bonds. The molecule has 40 heavy (non-hydrogen) atoms. The van der Waals surface area contributed by atoms with Crippen molar-refractivity contribution in [3.8, 4) is 0 Å². The van der Waals surface area contributed by atoms with Crippen molar-refractivity contribution < 1.29 is 28.7 Å². The average molecular weight is 552 g/mol. The minimum Gasteiger partial charge on any atom is -0.381 e. The lowest BCUT2D eigenvalue weighted by molar-refractivity contribution is -0.140. The molecule has 6 rings (SSSR count). The Hall–Kier alpha value is -3.31. The van der Waals surface area contributed by atoms with E-state index >= 15 is 0 Å². The van der Waals surface area contributed by atoms with Gasteiger partial charge in [-0.3, -0.25) is 39.1 Å². The molecule has 0 aliphatic carbocycles. The zero-order valence-corrected chi connectivity index (χ0v) is 22.8. The standard InChI is InChI=1S/C29H37N5O6/c35-25-4-3-24(26(36)30-25)34-28(38)22-2-1-21(17-23(22)29(34)39)32-9-5-19(6-10-32)18-31-11-13-33(14-12-31)27(37)20-7-15-40-16-8-20/h1-2,17,19-20,24H,3-16,18H2,(H,30,35,36). The number of piperidine rings is 2. The predicted octanol–water partition coefficient (Wildman–Crippen LogP) is 0.875. The first-order valence-electron chi connectivity index (χ1n) is 14.6. The van der Waals surface area contributed by atoms with Gasteiger partial charge in [-0.15, -0.1) is 0 Å². The van der Waals surface area contributed by atoms with Gasteiger partial charge >= 0.3 is 0 Å². The molecule has 214 valence electrons. The van der Waals surface area contributed by atoms with Crippen LogP contribution in [0, 0.1) is 11.8 Å². The highest BCUT2D eigenvalue weighted by Crippen LogP contribution is 2.32. The lowest BCUT2D eigenvalue weighted by Gasteiger charge is -2.40. The number of rotatable bonds is 5. The first-order chi connectivity index (χ1) is 19.4. The van der Waals surface area contributed by atoms with Crippen molar-refractivity contribution in [1.82, 2.24) is 20.0 Å². The molecule has 0 spiro atoms. The molecular weight excluding hydrogens is 514 g/mol. The summed E-state index contributed by atoms with van der Waals surface area (Å²) in [6, 6.07) is 4.39. The van der Waals surface area contributed by atoms with Crippen LogP contribution in [0.25, 0.3) is 0 Å². The van der Waals surface area contributed by atoms with Crippen LogP contribution in [-0.2, 0) is 19.1 Å². The van der Waals surface area contributed by atoms with Gasteiger partial charge in [0, 0.05) is 77.1 Å². The number of benzene rings is 1. The van der Waals surface area contributed by atoms with Crippen molar-refractivity contribution in [2.75, 3.05) is 63.9 Å². The summed E-state index contributed by atoms with van der Waals surface area (Å²) in [4.78, 5) is 70.6. The van der Waals surface area contributed by atoms with Crippen molar-refractivity contribution in [2.45, 2.75) is 44.6 Å². The average Bonchev–Trinajstić information content (AvgIpc) is 3.23. The third-order valence-corrected chi connectivity index (χ3v) is 9.17. The van der Waals surface area contributed by atoms with Crippen molar-refractivity contribution in [3.05, 3.63) is 29.3 Å². The number of imide groups is 2. The molecule has 0 radical (unpaired) electrons. The minimum absolute atomic E-state index is 0.105. The van der Waals surface area contributed by atoms with Crippen LogP contribution in [-0.4, -0.2) is 109 Å². The predicted molar refractivity (Wildman–Crippen MR) is 145 cm³/mol. The molecule has 1 aromatic rings. The van der Waals surface area contributed by atoms with Crippen LogP contribution in [0.4, 0.5) is 5.69 Å². The molecule has 5 aliphatic heterocycles. The van der Waals surface area contributed by atoms with Crippen molar-refractivity contribution in [1.29, 1.82) is 0 Å². The molecule has 0 aromatic heterocycles. The summed E-state index contributed by atoms with van der Waals surface area (Å²) in [5.41, 5.74) is 1.54. The summed E-state index contributed by atoms with van der Waals surface area (Å²) in [7, 11) is 0. The highest BCUT2D eigenvalue weighted by Gasteiger charge is 2.44. The number of carbonyl (C=O) groups excluding carboxylic acids is 5. The van der Waals surface area contributed by atoms with E-state index in [0.717, 1.165) is 82.1 Å². The maximum absolute atomic E-state index is 13.2. The lowest BCUT2D eigenvalue weighted by Crippen LogP contribution is -2.54. The Morgan fingerprint density at radius 3 is 2.25 bits per heavy atom. The number of fused-ring (bicyclic) bond motifs is 1. The van der Waals surface area contributed by atoms with Crippen LogP contribution in [0.2, 0.25) is 0 Å². The van der Waals surface area contributed by atoms with Crippen LogP contribution >= 0.6 is 0 Å². The third kappa shape index (κ3) is 5.24. The second kappa shape index (κ2) is 11.3. The van der Waals surface area contributed by atoms with Crippen LogP contribution in [0.15, 0.2) is 18.2 Å². The van der Waals surface area contributed by atoms with Crippen molar-refractivity contribution in [3.63, 3.8) is 0 Å². The fraction of sp³-hybridized carbons (Fsp3) is 0.621. The number of amides is 5. The second-order valence-electron chi connectivity index (χ2n) is 11.6. The first kappa shape index (κ1) is 26.9. The van der Waals surface area contributed by atoms with Gasteiger partial charge in [-0.1, -0.05) is 0 Å². The van der Waals surface area contributed by atoms with Crippen LogP contribution in [0.5, 0.6) is 0 Å². The lowest BCUT2D eigenvalue weighted by atomic mass is 9.95. The molecule has 1 unspecified atom stereocenters. The maximum atomic E-state index is 13.2. The van der Waals surface area contributed by atoms with Gasteiger partial charge in [0.25, 0.3) is 11.8 Å². The van der Waals surface area contributed by atoms with E-state index in [1.54, 1.807) is 12.1 Å². The second-order valence-corrected chi connectivity index (χ2v) is 11.6. The van der Waals surface area contributed by atoms with Gasteiger partial charge in [0.05, 0.1) is 11.1 Å². The Morgan fingerprint density at radius 2 is 1.55 bits per heavy atom. The Labute approximate surface area is 233 Å². The Kier molecular flexibility index (Phi) is 7.59. The molecule has 1 N–H and O–H groups in total. The minimum atomic E-state index is -0.953.